The fraction of sp³-hybridized carbons (Fsp3) is 0.556. The van der Waals surface area contributed by atoms with Crippen LogP contribution < -0.4 is 10.2 Å². The van der Waals surface area contributed by atoms with Crippen LogP contribution in [0.25, 0.3) is 5.57 Å². The number of halogens is 1. The zero-order valence-corrected chi connectivity index (χ0v) is 14.8. The van der Waals surface area contributed by atoms with Gasteiger partial charge in [-0.25, -0.2) is 0 Å². The van der Waals surface area contributed by atoms with Gasteiger partial charge in [0.25, 0.3) is 0 Å². The van der Waals surface area contributed by atoms with Gasteiger partial charge in [0, 0.05) is 35.4 Å². The third kappa shape index (κ3) is 3.27. The van der Waals surface area contributed by atoms with Crippen molar-refractivity contribution in [2.24, 2.45) is 0 Å². The van der Waals surface area contributed by atoms with Gasteiger partial charge in [0.15, 0.2) is 0 Å². The summed E-state index contributed by atoms with van der Waals surface area (Å²) in [4.78, 5) is 2.42. The average Bonchev–Trinajstić information content (AvgIpc) is 2.36. The maximum Gasteiger partial charge on any atom is 0.0534 e. The van der Waals surface area contributed by atoms with Gasteiger partial charge in [0.05, 0.1) is 5.54 Å². The van der Waals surface area contributed by atoms with Crippen LogP contribution in [0.3, 0.4) is 0 Å². The van der Waals surface area contributed by atoms with E-state index in [9.17, 15) is 0 Å². The molecule has 1 aliphatic heterocycles. The van der Waals surface area contributed by atoms with E-state index in [-0.39, 0.29) is 5.54 Å². The summed E-state index contributed by atoms with van der Waals surface area (Å²) in [5.74, 6) is 0. The molecule has 1 aliphatic rings. The Kier molecular flexibility index (Phi) is 4.69. The second-order valence-electron chi connectivity index (χ2n) is 6.72. The van der Waals surface area contributed by atoms with E-state index in [0.29, 0.717) is 6.04 Å². The SMILES string of the molecule is CCN1c2cc(Cl)c(CNC(C)C)cc2C(C)=CC1(C)C. The fourth-order valence-corrected chi connectivity index (χ4v) is 3.39. The maximum absolute atomic E-state index is 6.52. The lowest BCUT2D eigenvalue weighted by Crippen LogP contribution is -2.45. The summed E-state index contributed by atoms with van der Waals surface area (Å²) in [7, 11) is 0. The number of allylic oxidation sites excluding steroid dienone is 1. The molecule has 0 spiro atoms. The second-order valence-corrected chi connectivity index (χ2v) is 7.13. The fourth-order valence-electron chi connectivity index (χ4n) is 3.17. The molecule has 0 fully saturated rings. The van der Waals surface area contributed by atoms with E-state index in [0.717, 1.165) is 18.1 Å². The molecule has 2 nitrogen and oxygen atoms in total. The van der Waals surface area contributed by atoms with E-state index >= 15 is 0 Å². The van der Waals surface area contributed by atoms with Crippen LogP contribution in [0.1, 0.15) is 52.7 Å². The molecule has 1 N–H and O–H groups in total. The van der Waals surface area contributed by atoms with Gasteiger partial charge < -0.3 is 10.2 Å². The van der Waals surface area contributed by atoms with Gasteiger partial charge >= 0.3 is 0 Å². The Labute approximate surface area is 134 Å². The molecule has 0 aliphatic carbocycles. The normalized spacial score (nSPS) is 17.0. The number of anilines is 1. The Bertz CT molecular complexity index is 559. The van der Waals surface area contributed by atoms with Crippen molar-refractivity contribution in [3.8, 4) is 0 Å². The van der Waals surface area contributed by atoms with Crippen LogP contribution in [0, 0.1) is 0 Å². The van der Waals surface area contributed by atoms with E-state index in [4.69, 9.17) is 11.6 Å². The van der Waals surface area contributed by atoms with Gasteiger partial charge in [0.2, 0.25) is 0 Å². The van der Waals surface area contributed by atoms with Gasteiger partial charge in [-0.05, 0) is 51.0 Å². The third-order valence-corrected chi connectivity index (χ3v) is 4.51. The molecule has 1 aromatic carbocycles. The monoisotopic (exact) mass is 306 g/mol. The third-order valence-electron chi connectivity index (χ3n) is 4.16. The predicted molar refractivity (Wildman–Crippen MR) is 94.2 cm³/mol. The smallest absolute Gasteiger partial charge is 0.0534 e. The molecule has 0 radical (unpaired) electrons. The van der Waals surface area contributed by atoms with Gasteiger partial charge in [-0.1, -0.05) is 31.5 Å². The minimum atomic E-state index is 0.0346. The number of nitrogens with one attached hydrogen (secondary N) is 1. The first-order valence-corrected chi connectivity index (χ1v) is 8.17. The highest BCUT2D eigenvalue weighted by Gasteiger charge is 2.30. The lowest BCUT2D eigenvalue weighted by atomic mass is 9.88. The van der Waals surface area contributed by atoms with Crippen molar-refractivity contribution in [2.75, 3.05) is 11.4 Å². The van der Waals surface area contributed by atoms with E-state index < -0.39 is 0 Å². The first-order valence-electron chi connectivity index (χ1n) is 7.79. The van der Waals surface area contributed by atoms with Crippen LogP contribution in [0.4, 0.5) is 5.69 Å². The number of hydrogen-bond acceptors (Lipinski definition) is 2. The van der Waals surface area contributed by atoms with E-state index in [1.807, 2.05) is 0 Å². The molecule has 0 aromatic heterocycles. The van der Waals surface area contributed by atoms with Crippen LogP contribution in [0.5, 0.6) is 0 Å². The van der Waals surface area contributed by atoms with Gasteiger partial charge in [-0.15, -0.1) is 0 Å². The zero-order chi connectivity index (χ0) is 15.8. The first-order chi connectivity index (χ1) is 9.76. The number of hydrogen-bond donors (Lipinski definition) is 1. The molecular formula is C18H27ClN2. The number of fused-ring (bicyclic) bond motifs is 1. The van der Waals surface area contributed by atoms with Crippen LogP contribution in [0.15, 0.2) is 18.2 Å². The van der Waals surface area contributed by atoms with Crippen LogP contribution >= 0.6 is 11.6 Å². The van der Waals surface area contributed by atoms with Crippen molar-refractivity contribution in [1.82, 2.24) is 5.32 Å². The summed E-state index contributed by atoms with van der Waals surface area (Å²) in [5.41, 5.74) is 5.10. The van der Waals surface area contributed by atoms with Crippen LogP contribution in [-0.4, -0.2) is 18.1 Å². The molecule has 1 heterocycles. The van der Waals surface area contributed by atoms with E-state index in [2.05, 4.69) is 70.0 Å². The summed E-state index contributed by atoms with van der Waals surface area (Å²) in [5, 5.41) is 4.30. The van der Waals surface area contributed by atoms with Gasteiger partial charge in [0.1, 0.15) is 0 Å². The van der Waals surface area contributed by atoms with Crippen molar-refractivity contribution in [3.63, 3.8) is 0 Å². The molecule has 21 heavy (non-hydrogen) atoms. The molecule has 0 amide bonds. The number of nitrogens with zero attached hydrogens (tertiary/aromatic N) is 1. The molecule has 0 atom stereocenters. The summed E-state index contributed by atoms with van der Waals surface area (Å²) in [6.07, 6.45) is 2.35. The zero-order valence-electron chi connectivity index (χ0n) is 14.0. The Balaban J connectivity index is 2.47. The van der Waals surface area contributed by atoms with E-state index in [1.54, 1.807) is 0 Å². The summed E-state index contributed by atoms with van der Waals surface area (Å²) < 4.78 is 0. The molecular weight excluding hydrogens is 280 g/mol. The highest BCUT2D eigenvalue weighted by molar-refractivity contribution is 6.31. The Morgan fingerprint density at radius 3 is 2.52 bits per heavy atom. The summed E-state index contributed by atoms with van der Waals surface area (Å²) >= 11 is 6.52. The topological polar surface area (TPSA) is 15.3 Å². The molecule has 1 aromatic rings. The highest BCUT2D eigenvalue weighted by atomic mass is 35.5. The number of likely N-dealkylation sites (N-methyl/N-ethyl adjacent to an activating group) is 1. The lowest BCUT2D eigenvalue weighted by molar-refractivity contribution is 0.565. The number of rotatable bonds is 4. The Hall–Kier alpha value is -0.990. The molecule has 0 bridgehead atoms. The van der Waals surface area contributed by atoms with Crippen molar-refractivity contribution in [2.45, 2.75) is 59.7 Å². The van der Waals surface area contributed by atoms with Crippen molar-refractivity contribution in [3.05, 3.63) is 34.4 Å². The van der Waals surface area contributed by atoms with Crippen LogP contribution in [-0.2, 0) is 6.54 Å². The van der Waals surface area contributed by atoms with Crippen molar-refractivity contribution >= 4 is 22.9 Å². The molecule has 0 saturated carbocycles. The van der Waals surface area contributed by atoms with Gasteiger partial charge in [-0.2, -0.15) is 0 Å². The van der Waals surface area contributed by atoms with Crippen molar-refractivity contribution < 1.29 is 0 Å². The molecule has 0 unspecified atom stereocenters. The van der Waals surface area contributed by atoms with Crippen LogP contribution in [0.2, 0.25) is 5.02 Å². The summed E-state index contributed by atoms with van der Waals surface area (Å²) in [6, 6.07) is 4.84. The lowest BCUT2D eigenvalue weighted by Gasteiger charge is -2.43. The summed E-state index contributed by atoms with van der Waals surface area (Å²) in [6.45, 7) is 15.0. The molecule has 116 valence electrons. The van der Waals surface area contributed by atoms with Crippen molar-refractivity contribution in [1.29, 1.82) is 0 Å². The molecule has 2 rings (SSSR count). The number of benzene rings is 1. The minimum absolute atomic E-state index is 0.0346. The molecule has 0 saturated heterocycles. The molecule has 3 heteroatoms. The average molecular weight is 307 g/mol. The highest BCUT2D eigenvalue weighted by Crippen LogP contribution is 2.41. The Morgan fingerprint density at radius 2 is 1.95 bits per heavy atom. The quantitative estimate of drug-likeness (QED) is 0.854. The van der Waals surface area contributed by atoms with E-state index in [1.165, 1.54) is 22.4 Å². The first kappa shape index (κ1) is 16.4. The second kappa shape index (κ2) is 6.02. The largest absolute Gasteiger partial charge is 0.363 e. The standard InChI is InChI=1S/C18H27ClN2/c1-7-21-17-9-16(19)14(11-20-12(2)3)8-15(17)13(4)10-18(21,5)6/h8-10,12,20H,7,11H2,1-6H3. The minimum Gasteiger partial charge on any atom is -0.363 e. The Morgan fingerprint density at radius 1 is 1.29 bits per heavy atom. The van der Waals surface area contributed by atoms with Gasteiger partial charge in [-0.3, -0.25) is 0 Å². The predicted octanol–water partition coefficient (Wildman–Crippen LogP) is 4.86. The maximum atomic E-state index is 6.52.